The molecule has 4 nitrogen and oxygen atoms in total. The second-order valence-electron chi connectivity index (χ2n) is 9.55. The Bertz CT molecular complexity index is 1320. The molecule has 0 spiro atoms. The maximum atomic E-state index is 13.8. The molecule has 32 heavy (non-hydrogen) atoms. The topological polar surface area (TPSA) is 37.3 Å². The highest BCUT2D eigenvalue weighted by molar-refractivity contribution is 6.13. The van der Waals surface area contributed by atoms with E-state index >= 15 is 0 Å². The summed E-state index contributed by atoms with van der Waals surface area (Å²) in [5.74, 6) is 0.0545. The lowest BCUT2D eigenvalue weighted by Crippen LogP contribution is -2.48. The number of carbonyl (C=O) groups is 1. The van der Waals surface area contributed by atoms with Crippen LogP contribution in [-0.4, -0.2) is 40.5 Å². The predicted molar refractivity (Wildman–Crippen MR) is 131 cm³/mol. The summed E-state index contributed by atoms with van der Waals surface area (Å²) < 4.78 is 2.17. The van der Waals surface area contributed by atoms with Gasteiger partial charge in [-0.25, -0.2) is 0 Å². The van der Waals surface area contributed by atoms with Gasteiger partial charge in [-0.1, -0.05) is 54.6 Å². The number of carbonyl (C=O) groups excluding carboxylic acids is 1. The maximum absolute atomic E-state index is 13.8. The van der Waals surface area contributed by atoms with Crippen LogP contribution in [0.1, 0.15) is 36.0 Å². The molecule has 1 aromatic heterocycles. The predicted octanol–water partition coefficient (Wildman–Crippen LogP) is 5.35. The Morgan fingerprint density at radius 3 is 2.34 bits per heavy atom. The molecular weight excluding hydrogens is 394 g/mol. The minimum absolute atomic E-state index is 0.0545. The van der Waals surface area contributed by atoms with Crippen molar-refractivity contribution in [1.29, 1.82) is 0 Å². The molecule has 2 saturated heterocycles. The van der Waals surface area contributed by atoms with Gasteiger partial charge in [0.1, 0.15) is 0 Å². The molecule has 4 aromatic rings. The third-order valence-electron chi connectivity index (χ3n) is 7.79. The number of fused-ring (bicyclic) bond motifs is 4. The zero-order chi connectivity index (χ0) is 21.8. The minimum atomic E-state index is 0.0545. The first kappa shape index (κ1) is 19.6. The normalized spacial score (nSPS) is 23.1. The van der Waals surface area contributed by atoms with Gasteiger partial charge in [0.25, 0.3) is 5.91 Å². The molecular formula is C28H29N3O. The summed E-state index contributed by atoms with van der Waals surface area (Å²) in [4.78, 5) is 16.3. The molecule has 3 atom stereocenters. The van der Waals surface area contributed by atoms with Gasteiger partial charge in [0.2, 0.25) is 0 Å². The number of benzene rings is 3. The average molecular weight is 424 g/mol. The van der Waals surface area contributed by atoms with Crippen LogP contribution in [0.5, 0.6) is 0 Å². The van der Waals surface area contributed by atoms with Gasteiger partial charge in [-0.15, -0.1) is 0 Å². The quantitative estimate of drug-likeness (QED) is 0.482. The molecule has 4 heteroatoms. The molecule has 2 aliphatic rings. The molecule has 2 fully saturated rings. The minimum Gasteiger partial charge on any atom is -0.349 e. The first-order valence-corrected chi connectivity index (χ1v) is 11.7. The van der Waals surface area contributed by atoms with Crippen molar-refractivity contribution >= 4 is 27.6 Å². The molecule has 0 radical (unpaired) electrons. The summed E-state index contributed by atoms with van der Waals surface area (Å²) in [6, 6.07) is 24.6. The second kappa shape index (κ2) is 7.49. The Kier molecular flexibility index (Phi) is 4.58. The number of hydrogen-bond donors (Lipinski definition) is 1. The largest absolute Gasteiger partial charge is 0.349 e. The summed E-state index contributed by atoms with van der Waals surface area (Å²) in [5, 5.41) is 6.85. The van der Waals surface area contributed by atoms with Crippen molar-refractivity contribution in [3.8, 4) is 11.3 Å². The van der Waals surface area contributed by atoms with Crippen molar-refractivity contribution in [3.05, 3.63) is 72.3 Å². The van der Waals surface area contributed by atoms with E-state index in [2.05, 4.69) is 83.5 Å². The van der Waals surface area contributed by atoms with Gasteiger partial charge in [-0.2, -0.15) is 0 Å². The number of nitrogens with zero attached hydrogens (tertiary/aromatic N) is 2. The van der Waals surface area contributed by atoms with Crippen LogP contribution in [0.25, 0.3) is 32.9 Å². The Labute approximate surface area is 188 Å². The first-order valence-electron chi connectivity index (χ1n) is 11.7. The summed E-state index contributed by atoms with van der Waals surface area (Å²) in [6.07, 6.45) is 4.61. The number of rotatable bonds is 3. The standard InChI is InChI=1S/C28H29N3O/c1-30-22-13-14-23(30)17-21(16-22)29-28(32)26-24-9-5-6-10-25(24)31(2)27(26)20-12-11-18-7-3-4-8-19(18)15-20/h3-12,15,21-23H,13-14,16-17H2,1-2H3,(H,29,32)/t21-,22+,23-. The molecule has 6 rings (SSSR count). The van der Waals surface area contributed by atoms with Crippen LogP contribution in [0.4, 0.5) is 0 Å². The van der Waals surface area contributed by atoms with E-state index in [-0.39, 0.29) is 11.9 Å². The third kappa shape index (κ3) is 3.05. The number of amides is 1. The van der Waals surface area contributed by atoms with Crippen molar-refractivity contribution in [3.63, 3.8) is 0 Å². The molecule has 2 bridgehead atoms. The van der Waals surface area contributed by atoms with E-state index in [0.717, 1.165) is 40.6 Å². The van der Waals surface area contributed by atoms with Crippen molar-refractivity contribution in [2.24, 2.45) is 7.05 Å². The summed E-state index contributed by atoms with van der Waals surface area (Å²) in [5.41, 5.74) is 3.95. The number of piperidine rings is 1. The number of aryl methyl sites for hydroxylation is 1. The molecule has 1 N–H and O–H groups in total. The van der Waals surface area contributed by atoms with Gasteiger partial charge in [0.15, 0.2) is 0 Å². The summed E-state index contributed by atoms with van der Waals surface area (Å²) in [6.45, 7) is 0. The van der Waals surface area contributed by atoms with Gasteiger partial charge in [0.05, 0.1) is 11.3 Å². The van der Waals surface area contributed by atoms with Crippen LogP contribution < -0.4 is 5.32 Å². The van der Waals surface area contributed by atoms with Crippen molar-refractivity contribution in [2.45, 2.75) is 43.8 Å². The van der Waals surface area contributed by atoms with Gasteiger partial charge in [-0.3, -0.25) is 4.79 Å². The zero-order valence-corrected chi connectivity index (χ0v) is 18.7. The molecule has 0 aliphatic carbocycles. The Balaban J connectivity index is 1.43. The van der Waals surface area contributed by atoms with E-state index in [1.807, 2.05) is 12.1 Å². The molecule has 2 aliphatic heterocycles. The van der Waals surface area contributed by atoms with Crippen molar-refractivity contribution in [1.82, 2.24) is 14.8 Å². The SMILES string of the molecule is CN1[C@@H]2CC[C@H]1C[C@@H](NC(=O)c1c(-c3ccc4ccccc4c3)n(C)c3ccccc13)C2. The monoisotopic (exact) mass is 423 g/mol. The fourth-order valence-corrected chi connectivity index (χ4v) is 6.08. The highest BCUT2D eigenvalue weighted by atomic mass is 16.1. The van der Waals surface area contributed by atoms with Crippen LogP contribution in [0, 0.1) is 0 Å². The number of nitrogens with one attached hydrogen (secondary N) is 1. The van der Waals surface area contributed by atoms with Crippen LogP contribution >= 0.6 is 0 Å². The molecule has 1 amide bonds. The lowest BCUT2D eigenvalue weighted by molar-refractivity contribution is 0.0884. The highest BCUT2D eigenvalue weighted by Gasteiger charge is 2.39. The van der Waals surface area contributed by atoms with Gasteiger partial charge in [-0.05, 0) is 61.2 Å². The summed E-state index contributed by atoms with van der Waals surface area (Å²) in [7, 11) is 4.31. The smallest absolute Gasteiger partial charge is 0.254 e. The van der Waals surface area contributed by atoms with E-state index in [0.29, 0.717) is 12.1 Å². The highest BCUT2D eigenvalue weighted by Crippen LogP contribution is 2.37. The number of hydrogen-bond acceptors (Lipinski definition) is 2. The molecule has 0 saturated carbocycles. The van der Waals surface area contributed by atoms with Gasteiger partial charge < -0.3 is 14.8 Å². The van der Waals surface area contributed by atoms with E-state index < -0.39 is 0 Å². The lowest BCUT2D eigenvalue weighted by Gasteiger charge is -2.36. The van der Waals surface area contributed by atoms with Crippen LogP contribution in [0.3, 0.4) is 0 Å². The molecule has 0 unspecified atom stereocenters. The van der Waals surface area contributed by atoms with Gasteiger partial charge >= 0.3 is 0 Å². The van der Waals surface area contributed by atoms with E-state index in [4.69, 9.17) is 0 Å². The average Bonchev–Trinajstić information content (AvgIpc) is 3.20. The number of para-hydroxylation sites is 1. The van der Waals surface area contributed by atoms with E-state index in [1.54, 1.807) is 0 Å². The maximum Gasteiger partial charge on any atom is 0.254 e. The Morgan fingerprint density at radius 1 is 0.875 bits per heavy atom. The van der Waals surface area contributed by atoms with E-state index in [1.165, 1.54) is 23.6 Å². The fourth-order valence-electron chi connectivity index (χ4n) is 6.08. The van der Waals surface area contributed by atoms with Crippen LogP contribution in [0.2, 0.25) is 0 Å². The zero-order valence-electron chi connectivity index (χ0n) is 18.7. The van der Waals surface area contributed by atoms with Gasteiger partial charge in [0, 0.05) is 36.1 Å². The number of aromatic nitrogens is 1. The first-order chi connectivity index (χ1) is 15.6. The Morgan fingerprint density at radius 2 is 1.56 bits per heavy atom. The second-order valence-corrected chi connectivity index (χ2v) is 9.55. The summed E-state index contributed by atoms with van der Waals surface area (Å²) >= 11 is 0. The van der Waals surface area contributed by atoms with Crippen molar-refractivity contribution in [2.75, 3.05) is 7.05 Å². The Hall–Kier alpha value is -3.11. The molecule has 3 aromatic carbocycles. The molecule has 162 valence electrons. The lowest BCUT2D eigenvalue weighted by atomic mass is 9.96. The molecule has 3 heterocycles. The van der Waals surface area contributed by atoms with Crippen LogP contribution in [0.15, 0.2) is 66.7 Å². The van der Waals surface area contributed by atoms with Crippen molar-refractivity contribution < 1.29 is 4.79 Å². The van der Waals surface area contributed by atoms with Crippen LogP contribution in [-0.2, 0) is 7.05 Å². The van der Waals surface area contributed by atoms with E-state index in [9.17, 15) is 4.79 Å². The fraction of sp³-hybridized carbons (Fsp3) is 0.321. The third-order valence-corrected chi connectivity index (χ3v) is 7.79.